The smallest absolute Gasteiger partial charge is 0.410 e. The van der Waals surface area contributed by atoms with Crippen molar-refractivity contribution in [1.29, 1.82) is 0 Å². The van der Waals surface area contributed by atoms with Gasteiger partial charge in [0.2, 0.25) is 0 Å². The van der Waals surface area contributed by atoms with Gasteiger partial charge in [0.25, 0.3) is 10.0 Å². The number of methoxy groups -OCH3 is 2. The van der Waals surface area contributed by atoms with Crippen molar-refractivity contribution >= 4 is 27.8 Å². The molecule has 0 radical (unpaired) electrons. The van der Waals surface area contributed by atoms with E-state index in [4.69, 9.17) is 14.2 Å². The average molecular weight is 577 g/mol. The van der Waals surface area contributed by atoms with Gasteiger partial charge in [-0.2, -0.15) is 0 Å². The number of anilines is 1. The van der Waals surface area contributed by atoms with E-state index in [1.54, 1.807) is 31.7 Å². The number of carbonyl (C=O) groups is 2. The minimum Gasteiger partial charge on any atom is -0.495 e. The summed E-state index contributed by atoms with van der Waals surface area (Å²) in [6.45, 7) is 8.46. The Balaban J connectivity index is 1.54. The molecule has 2 aromatic rings. The fourth-order valence-corrected chi connectivity index (χ4v) is 6.37. The highest BCUT2D eigenvalue weighted by atomic mass is 32.2. The Morgan fingerprint density at radius 2 is 1.80 bits per heavy atom. The number of rotatable bonds is 9. The van der Waals surface area contributed by atoms with Crippen molar-refractivity contribution in [2.75, 3.05) is 32.0 Å². The average Bonchev–Trinajstić information content (AvgIpc) is 3.56. The van der Waals surface area contributed by atoms with Crippen LogP contribution in [0.5, 0.6) is 5.75 Å². The molecule has 9 nitrogen and oxygen atoms in total. The minimum atomic E-state index is -4.22. The van der Waals surface area contributed by atoms with Crippen LogP contribution >= 0.6 is 0 Å². The van der Waals surface area contributed by atoms with E-state index in [0.29, 0.717) is 31.0 Å². The number of nitrogens with one attached hydrogen (secondary N) is 1. The number of carbonyl (C=O) groups excluding carboxylic acids is 2. The van der Waals surface area contributed by atoms with Crippen molar-refractivity contribution in [2.45, 2.75) is 63.4 Å². The second-order valence-corrected chi connectivity index (χ2v) is 13.2. The number of likely N-dealkylation sites (tertiary alicyclic amines) is 1. The van der Waals surface area contributed by atoms with Gasteiger partial charge in [-0.15, -0.1) is 0 Å². The molecule has 2 fully saturated rings. The third-order valence-electron chi connectivity index (χ3n) is 7.28. The van der Waals surface area contributed by atoms with E-state index in [0.717, 1.165) is 18.1 Å². The van der Waals surface area contributed by atoms with Gasteiger partial charge in [0.05, 0.1) is 24.8 Å². The van der Waals surface area contributed by atoms with Crippen LogP contribution in [0.4, 0.5) is 14.9 Å². The summed E-state index contributed by atoms with van der Waals surface area (Å²) in [5, 5.41) is 0. The van der Waals surface area contributed by atoms with Crippen LogP contribution in [-0.2, 0) is 25.9 Å². The number of hydrogen-bond donors (Lipinski definition) is 1. The Morgan fingerprint density at radius 1 is 1.12 bits per heavy atom. The third kappa shape index (κ3) is 6.51. The summed E-state index contributed by atoms with van der Waals surface area (Å²) in [6, 6.07) is 6.81. The van der Waals surface area contributed by atoms with Crippen LogP contribution < -0.4 is 9.46 Å². The number of nitrogens with zero attached hydrogens (tertiary/aromatic N) is 1. The fourth-order valence-electron chi connectivity index (χ4n) is 5.05. The first-order valence-electron chi connectivity index (χ1n) is 13.3. The van der Waals surface area contributed by atoms with E-state index in [1.165, 1.54) is 32.4 Å². The zero-order valence-corrected chi connectivity index (χ0v) is 24.6. The Bertz CT molecular complexity index is 1400. The molecule has 2 aromatic carbocycles. The van der Waals surface area contributed by atoms with Crippen LogP contribution in [0.25, 0.3) is 0 Å². The van der Waals surface area contributed by atoms with Gasteiger partial charge in [-0.25, -0.2) is 22.4 Å². The highest BCUT2D eigenvalue weighted by Crippen LogP contribution is 2.51. The van der Waals surface area contributed by atoms with Crippen molar-refractivity contribution in [3.63, 3.8) is 0 Å². The first kappa shape index (κ1) is 29.6. The first-order chi connectivity index (χ1) is 18.7. The summed E-state index contributed by atoms with van der Waals surface area (Å²) in [5.41, 5.74) is 0.544. The van der Waals surface area contributed by atoms with E-state index in [1.807, 2.05) is 0 Å². The number of halogens is 1. The molecular weight excluding hydrogens is 539 g/mol. The standard InChI is InChI=1S/C29H37FN2O7S/c1-17-13-22(17)21-10-11-23(25(26(21)37-5)27(33)38-6)31-40(35,36)24-12-9-20(30)14-19(24)8-7-18-15-32(16-18)28(34)39-29(2,3)4/h9-12,14,17-18,22,31H,7-8,13,15-16H2,1-6H3. The van der Waals surface area contributed by atoms with Crippen molar-refractivity contribution < 1.29 is 36.6 Å². The van der Waals surface area contributed by atoms with Crippen LogP contribution in [0.3, 0.4) is 0 Å². The SMILES string of the molecule is COC(=O)c1c(NS(=O)(=O)c2ccc(F)cc2CCC2CN(C(=O)OC(C)(C)C)C2)ccc(C2CC2C)c1OC. The van der Waals surface area contributed by atoms with E-state index >= 15 is 0 Å². The van der Waals surface area contributed by atoms with Gasteiger partial charge in [0.1, 0.15) is 22.7 Å². The number of sulfonamides is 1. The molecule has 0 aromatic heterocycles. The zero-order valence-electron chi connectivity index (χ0n) is 23.7. The fraction of sp³-hybridized carbons (Fsp3) is 0.517. The molecule has 11 heteroatoms. The van der Waals surface area contributed by atoms with Gasteiger partial charge >= 0.3 is 12.1 Å². The number of esters is 1. The maximum Gasteiger partial charge on any atom is 0.410 e. The predicted octanol–water partition coefficient (Wildman–Crippen LogP) is 5.34. The molecule has 2 unspecified atom stereocenters. The summed E-state index contributed by atoms with van der Waals surface area (Å²) < 4.78 is 59.8. The molecule has 0 spiro atoms. The molecule has 1 amide bonds. The normalized spacial score (nSPS) is 19.0. The highest BCUT2D eigenvalue weighted by molar-refractivity contribution is 7.92. The highest BCUT2D eigenvalue weighted by Gasteiger charge is 2.39. The van der Waals surface area contributed by atoms with Gasteiger partial charge in [-0.05, 0) is 93.2 Å². The maximum atomic E-state index is 14.2. The lowest BCUT2D eigenvalue weighted by Crippen LogP contribution is -2.51. The topological polar surface area (TPSA) is 111 Å². The molecule has 1 aliphatic carbocycles. The number of ether oxygens (including phenoxy) is 3. The second kappa shape index (κ2) is 11.3. The Kier molecular flexibility index (Phi) is 8.35. The molecule has 40 heavy (non-hydrogen) atoms. The molecule has 0 bridgehead atoms. The largest absolute Gasteiger partial charge is 0.495 e. The molecule has 1 aliphatic heterocycles. The minimum absolute atomic E-state index is 0.00876. The number of aryl methyl sites for hydroxylation is 1. The monoisotopic (exact) mass is 576 g/mol. The number of hydrogen-bond acceptors (Lipinski definition) is 7. The maximum absolute atomic E-state index is 14.2. The van der Waals surface area contributed by atoms with Gasteiger partial charge in [0.15, 0.2) is 0 Å². The molecule has 2 aliphatic rings. The molecule has 4 rings (SSSR count). The summed E-state index contributed by atoms with van der Waals surface area (Å²) in [4.78, 5) is 26.5. The van der Waals surface area contributed by atoms with Gasteiger partial charge < -0.3 is 19.1 Å². The summed E-state index contributed by atoms with van der Waals surface area (Å²) in [7, 11) is -1.58. The van der Waals surface area contributed by atoms with Crippen molar-refractivity contribution in [1.82, 2.24) is 4.90 Å². The van der Waals surface area contributed by atoms with Crippen molar-refractivity contribution in [2.24, 2.45) is 11.8 Å². The van der Waals surface area contributed by atoms with Crippen LogP contribution in [0.15, 0.2) is 35.2 Å². The molecule has 1 saturated carbocycles. The van der Waals surface area contributed by atoms with E-state index in [9.17, 15) is 22.4 Å². The van der Waals surface area contributed by atoms with Crippen molar-refractivity contribution in [3.8, 4) is 5.75 Å². The summed E-state index contributed by atoms with van der Waals surface area (Å²) in [6.07, 6.45) is 1.39. The molecule has 1 heterocycles. The van der Waals surface area contributed by atoms with E-state index in [-0.39, 0.29) is 46.2 Å². The lowest BCUT2D eigenvalue weighted by Gasteiger charge is -2.40. The van der Waals surface area contributed by atoms with E-state index < -0.39 is 27.4 Å². The number of benzene rings is 2. The van der Waals surface area contributed by atoms with E-state index in [2.05, 4.69) is 11.6 Å². The Labute approximate surface area is 235 Å². The lowest BCUT2D eigenvalue weighted by molar-refractivity contribution is -0.00205. The predicted molar refractivity (Wildman–Crippen MR) is 148 cm³/mol. The summed E-state index contributed by atoms with van der Waals surface area (Å²) in [5.74, 6) is -0.241. The Morgan fingerprint density at radius 3 is 2.38 bits per heavy atom. The van der Waals surface area contributed by atoms with Gasteiger partial charge in [0, 0.05) is 13.1 Å². The molecule has 218 valence electrons. The van der Waals surface area contributed by atoms with Crippen LogP contribution in [0, 0.1) is 17.7 Å². The van der Waals surface area contributed by atoms with Crippen LogP contribution in [-0.4, -0.2) is 58.3 Å². The molecule has 1 N–H and O–H groups in total. The summed E-state index contributed by atoms with van der Waals surface area (Å²) >= 11 is 0. The van der Waals surface area contributed by atoms with Crippen molar-refractivity contribution in [3.05, 3.63) is 52.8 Å². The first-order valence-corrected chi connectivity index (χ1v) is 14.8. The number of amides is 1. The molecule has 2 atom stereocenters. The molecule has 1 saturated heterocycles. The lowest BCUT2D eigenvalue weighted by atomic mass is 9.93. The van der Waals surface area contributed by atoms with Gasteiger partial charge in [-0.3, -0.25) is 4.72 Å². The zero-order chi connectivity index (χ0) is 29.4. The quantitative estimate of drug-likeness (QED) is 0.401. The van der Waals surface area contributed by atoms with Crippen LogP contribution in [0.1, 0.15) is 67.9 Å². The molecular formula is C29H37FN2O7S. The van der Waals surface area contributed by atoms with Crippen LogP contribution in [0.2, 0.25) is 0 Å². The van der Waals surface area contributed by atoms with Gasteiger partial charge in [-0.1, -0.05) is 13.0 Å². The third-order valence-corrected chi connectivity index (χ3v) is 8.74. The Hall–Kier alpha value is -3.34. The second-order valence-electron chi connectivity index (χ2n) is 11.6.